The van der Waals surface area contributed by atoms with Crippen LogP contribution in [-0.4, -0.2) is 33.8 Å². The Hall–Kier alpha value is -2.17. The van der Waals surface area contributed by atoms with Crippen LogP contribution in [0, 0.1) is 0 Å². The maximum Gasteiger partial charge on any atom is 0.191 e. The summed E-state index contributed by atoms with van der Waals surface area (Å²) in [6.07, 6.45) is 8.63. The van der Waals surface area contributed by atoms with Crippen molar-refractivity contribution in [3.8, 4) is 11.5 Å². The molecule has 0 atom stereocenters. The second kappa shape index (κ2) is 9.85. The van der Waals surface area contributed by atoms with E-state index in [-0.39, 0.29) is 0 Å². The molecule has 0 aromatic heterocycles. The van der Waals surface area contributed by atoms with Crippen LogP contribution in [0.3, 0.4) is 0 Å². The molecule has 0 fully saturated rings. The van der Waals surface area contributed by atoms with Crippen LogP contribution >= 0.6 is 0 Å². The first-order valence-electron chi connectivity index (χ1n) is 8.60. The van der Waals surface area contributed by atoms with E-state index in [1.807, 2.05) is 18.2 Å². The van der Waals surface area contributed by atoms with E-state index in [1.54, 1.807) is 26.8 Å². The number of rotatable bonds is 7. The molecule has 0 spiro atoms. The molecular weight excluding hydrogens is 302 g/mol. The third-order valence-corrected chi connectivity index (χ3v) is 4.29. The maximum atomic E-state index is 5.43. The summed E-state index contributed by atoms with van der Waals surface area (Å²) in [6, 6.07) is 5.83. The molecule has 2 N–H and O–H groups in total. The van der Waals surface area contributed by atoms with E-state index in [0.717, 1.165) is 36.0 Å². The Labute approximate surface area is 145 Å². The highest BCUT2D eigenvalue weighted by atomic mass is 16.5. The molecule has 0 radical (unpaired) electrons. The van der Waals surface area contributed by atoms with Gasteiger partial charge in [-0.3, -0.25) is 4.99 Å². The number of hydrogen-bond acceptors (Lipinski definition) is 3. The van der Waals surface area contributed by atoms with Gasteiger partial charge in [-0.05, 0) is 44.2 Å². The van der Waals surface area contributed by atoms with Crippen LogP contribution in [0.2, 0.25) is 0 Å². The van der Waals surface area contributed by atoms with Crippen LogP contribution in [0.4, 0.5) is 0 Å². The summed E-state index contributed by atoms with van der Waals surface area (Å²) in [5.74, 6) is 2.41. The van der Waals surface area contributed by atoms with Crippen molar-refractivity contribution in [2.24, 2.45) is 4.99 Å². The third-order valence-electron chi connectivity index (χ3n) is 4.29. The highest BCUT2D eigenvalue weighted by Crippen LogP contribution is 2.24. The minimum Gasteiger partial charge on any atom is -0.497 e. The predicted molar refractivity (Wildman–Crippen MR) is 98.9 cm³/mol. The van der Waals surface area contributed by atoms with E-state index < -0.39 is 0 Å². The van der Waals surface area contributed by atoms with Gasteiger partial charge in [-0.1, -0.05) is 11.6 Å². The van der Waals surface area contributed by atoms with Crippen molar-refractivity contribution in [1.82, 2.24) is 10.6 Å². The van der Waals surface area contributed by atoms with Crippen molar-refractivity contribution in [2.45, 2.75) is 38.6 Å². The van der Waals surface area contributed by atoms with Crippen LogP contribution in [-0.2, 0) is 6.54 Å². The minimum absolute atomic E-state index is 0.648. The summed E-state index contributed by atoms with van der Waals surface area (Å²) in [7, 11) is 5.12. The van der Waals surface area contributed by atoms with Gasteiger partial charge in [-0.2, -0.15) is 0 Å². The zero-order chi connectivity index (χ0) is 17.2. The van der Waals surface area contributed by atoms with Gasteiger partial charge in [0.15, 0.2) is 5.96 Å². The van der Waals surface area contributed by atoms with E-state index in [4.69, 9.17) is 9.47 Å². The van der Waals surface area contributed by atoms with Crippen molar-refractivity contribution in [1.29, 1.82) is 0 Å². The van der Waals surface area contributed by atoms with E-state index in [0.29, 0.717) is 6.54 Å². The van der Waals surface area contributed by atoms with E-state index in [9.17, 15) is 0 Å². The second-order valence-electron chi connectivity index (χ2n) is 5.89. The van der Waals surface area contributed by atoms with Crippen LogP contribution in [0.15, 0.2) is 34.8 Å². The Morgan fingerprint density at radius 3 is 2.71 bits per heavy atom. The number of nitrogens with zero attached hydrogens (tertiary/aromatic N) is 1. The smallest absolute Gasteiger partial charge is 0.191 e. The fourth-order valence-corrected chi connectivity index (χ4v) is 2.87. The molecule has 24 heavy (non-hydrogen) atoms. The van der Waals surface area contributed by atoms with Crippen LogP contribution in [0.25, 0.3) is 0 Å². The lowest BCUT2D eigenvalue weighted by Gasteiger charge is -2.16. The summed E-state index contributed by atoms with van der Waals surface area (Å²) in [4.78, 5) is 4.28. The van der Waals surface area contributed by atoms with Crippen LogP contribution in [0.5, 0.6) is 11.5 Å². The molecular formula is C19H29N3O2. The molecule has 0 bridgehead atoms. The SMILES string of the molecule is CN=C(NCCC1=CCCCC1)NCc1ccc(OC)cc1OC. The van der Waals surface area contributed by atoms with Gasteiger partial charge < -0.3 is 20.1 Å². The molecule has 0 aliphatic heterocycles. The normalized spacial score (nSPS) is 14.8. The Morgan fingerprint density at radius 1 is 1.17 bits per heavy atom. The van der Waals surface area contributed by atoms with E-state index in [1.165, 1.54) is 25.7 Å². The van der Waals surface area contributed by atoms with Gasteiger partial charge in [0.25, 0.3) is 0 Å². The summed E-state index contributed by atoms with van der Waals surface area (Å²) in [6.45, 7) is 1.56. The standard InChI is InChI=1S/C19H29N3O2/c1-20-19(21-12-11-15-7-5-4-6-8-15)22-14-16-9-10-17(23-2)13-18(16)24-3/h7,9-10,13H,4-6,8,11-12,14H2,1-3H3,(H2,20,21,22). The number of aliphatic imine (C=N–C) groups is 1. The largest absolute Gasteiger partial charge is 0.497 e. The Kier molecular flexibility index (Phi) is 7.46. The second-order valence-corrected chi connectivity index (χ2v) is 5.89. The molecule has 1 aliphatic carbocycles. The quantitative estimate of drug-likeness (QED) is 0.457. The van der Waals surface area contributed by atoms with Crippen molar-refractivity contribution < 1.29 is 9.47 Å². The van der Waals surface area contributed by atoms with Crippen LogP contribution in [0.1, 0.15) is 37.7 Å². The third kappa shape index (κ3) is 5.48. The average Bonchev–Trinajstić information content (AvgIpc) is 2.65. The number of allylic oxidation sites excluding steroid dienone is 1. The molecule has 2 rings (SSSR count). The molecule has 0 saturated heterocycles. The summed E-state index contributed by atoms with van der Waals surface area (Å²) in [5.41, 5.74) is 2.64. The van der Waals surface area contributed by atoms with Gasteiger partial charge in [0.05, 0.1) is 14.2 Å². The van der Waals surface area contributed by atoms with Crippen molar-refractivity contribution in [3.63, 3.8) is 0 Å². The molecule has 0 heterocycles. The summed E-state index contributed by atoms with van der Waals surface area (Å²) >= 11 is 0. The van der Waals surface area contributed by atoms with Gasteiger partial charge in [-0.15, -0.1) is 0 Å². The van der Waals surface area contributed by atoms with Crippen molar-refractivity contribution in [3.05, 3.63) is 35.4 Å². The molecule has 132 valence electrons. The molecule has 1 aliphatic rings. The first-order chi connectivity index (χ1) is 11.8. The molecule has 5 nitrogen and oxygen atoms in total. The number of guanidine groups is 1. The zero-order valence-electron chi connectivity index (χ0n) is 15.0. The van der Waals surface area contributed by atoms with Gasteiger partial charge >= 0.3 is 0 Å². The summed E-state index contributed by atoms with van der Waals surface area (Å²) < 4.78 is 10.7. The number of ether oxygens (including phenoxy) is 2. The molecule has 1 aromatic rings. The lowest BCUT2D eigenvalue weighted by molar-refractivity contribution is 0.390. The van der Waals surface area contributed by atoms with Gasteiger partial charge in [0.1, 0.15) is 11.5 Å². The van der Waals surface area contributed by atoms with Crippen molar-refractivity contribution >= 4 is 5.96 Å². The number of benzene rings is 1. The van der Waals surface area contributed by atoms with Crippen molar-refractivity contribution in [2.75, 3.05) is 27.8 Å². The molecule has 1 aromatic carbocycles. The minimum atomic E-state index is 0.648. The Bertz CT molecular complexity index is 582. The average molecular weight is 331 g/mol. The Balaban J connectivity index is 1.81. The zero-order valence-corrected chi connectivity index (χ0v) is 15.0. The fourth-order valence-electron chi connectivity index (χ4n) is 2.87. The van der Waals surface area contributed by atoms with Gasteiger partial charge in [-0.25, -0.2) is 0 Å². The van der Waals surface area contributed by atoms with Gasteiger partial charge in [0.2, 0.25) is 0 Å². The molecule has 0 saturated carbocycles. The number of nitrogens with one attached hydrogen (secondary N) is 2. The molecule has 0 unspecified atom stereocenters. The lowest BCUT2D eigenvalue weighted by atomic mass is 9.97. The number of methoxy groups -OCH3 is 2. The monoisotopic (exact) mass is 331 g/mol. The van der Waals surface area contributed by atoms with E-state index in [2.05, 4.69) is 21.7 Å². The Morgan fingerprint density at radius 2 is 2.04 bits per heavy atom. The van der Waals surface area contributed by atoms with E-state index >= 15 is 0 Å². The maximum absolute atomic E-state index is 5.43. The first-order valence-corrected chi connectivity index (χ1v) is 8.60. The molecule has 0 amide bonds. The highest BCUT2D eigenvalue weighted by molar-refractivity contribution is 5.79. The summed E-state index contributed by atoms with van der Waals surface area (Å²) in [5, 5.41) is 6.71. The number of hydrogen-bond donors (Lipinski definition) is 2. The topological polar surface area (TPSA) is 54.9 Å². The first kappa shape index (κ1) is 18.2. The predicted octanol–water partition coefficient (Wildman–Crippen LogP) is 3.26. The lowest BCUT2D eigenvalue weighted by Crippen LogP contribution is -2.37. The van der Waals surface area contributed by atoms with Crippen LogP contribution < -0.4 is 20.1 Å². The molecule has 5 heteroatoms. The van der Waals surface area contributed by atoms with Gasteiger partial charge in [0, 0.05) is 31.8 Å². The fraction of sp³-hybridized carbons (Fsp3) is 0.526. The highest BCUT2D eigenvalue weighted by Gasteiger charge is 2.07.